The van der Waals surface area contributed by atoms with Gasteiger partial charge in [0.1, 0.15) is 0 Å². The predicted molar refractivity (Wildman–Crippen MR) is 69.5 cm³/mol. The van der Waals surface area contributed by atoms with Gasteiger partial charge in [0.05, 0.1) is 15.5 Å². The zero-order chi connectivity index (χ0) is 9.26. The van der Waals surface area contributed by atoms with Crippen LogP contribution >= 0.6 is 45.2 Å². The van der Waals surface area contributed by atoms with Crippen molar-refractivity contribution in [1.29, 1.82) is 0 Å². The average Bonchev–Trinajstić information content (AvgIpc) is 2.53. The van der Waals surface area contributed by atoms with Crippen LogP contribution in [0.25, 0.3) is 11.3 Å². The van der Waals surface area contributed by atoms with Gasteiger partial charge < -0.3 is 0 Å². The van der Waals surface area contributed by atoms with Crippen molar-refractivity contribution in [2.45, 2.75) is 0 Å². The fraction of sp³-hybridized carbons (Fsp3) is 0. The van der Waals surface area contributed by atoms with Crippen molar-refractivity contribution in [2.24, 2.45) is 0 Å². The SMILES string of the molecule is Ic1ccc(-c2[nH]ncc2I)cc1. The van der Waals surface area contributed by atoms with Gasteiger partial charge in [0.2, 0.25) is 0 Å². The molecule has 4 heteroatoms. The summed E-state index contributed by atoms with van der Waals surface area (Å²) in [6, 6.07) is 8.37. The Labute approximate surface area is 103 Å². The molecule has 2 aromatic rings. The maximum Gasteiger partial charge on any atom is 0.0783 e. The van der Waals surface area contributed by atoms with Crippen LogP contribution in [0.2, 0.25) is 0 Å². The van der Waals surface area contributed by atoms with Crippen molar-refractivity contribution < 1.29 is 0 Å². The van der Waals surface area contributed by atoms with Crippen LogP contribution in [0.4, 0.5) is 0 Å². The van der Waals surface area contributed by atoms with Gasteiger partial charge in [-0.1, -0.05) is 12.1 Å². The number of hydrogen-bond donors (Lipinski definition) is 1. The molecule has 0 aliphatic heterocycles. The molecule has 2 rings (SSSR count). The van der Waals surface area contributed by atoms with E-state index in [4.69, 9.17) is 0 Å². The molecule has 1 heterocycles. The van der Waals surface area contributed by atoms with Gasteiger partial charge in [-0.05, 0) is 57.3 Å². The Bertz CT molecular complexity index is 406. The van der Waals surface area contributed by atoms with Gasteiger partial charge in [-0.3, -0.25) is 5.10 Å². The van der Waals surface area contributed by atoms with Crippen LogP contribution in [0.5, 0.6) is 0 Å². The highest BCUT2D eigenvalue weighted by Gasteiger charge is 2.03. The molecule has 0 radical (unpaired) electrons. The van der Waals surface area contributed by atoms with Crippen molar-refractivity contribution in [3.63, 3.8) is 0 Å². The summed E-state index contributed by atoms with van der Waals surface area (Å²) in [7, 11) is 0. The Morgan fingerprint density at radius 3 is 2.31 bits per heavy atom. The molecule has 0 atom stereocenters. The number of benzene rings is 1. The normalized spacial score (nSPS) is 10.3. The quantitative estimate of drug-likeness (QED) is 0.737. The largest absolute Gasteiger partial charge is 0.277 e. The van der Waals surface area contributed by atoms with Crippen molar-refractivity contribution >= 4 is 45.2 Å². The molecular weight excluding hydrogens is 390 g/mol. The van der Waals surface area contributed by atoms with Gasteiger partial charge in [0.15, 0.2) is 0 Å². The summed E-state index contributed by atoms with van der Waals surface area (Å²) in [6.45, 7) is 0. The lowest BCUT2D eigenvalue weighted by Gasteiger charge is -1.98. The summed E-state index contributed by atoms with van der Waals surface area (Å²) >= 11 is 4.57. The van der Waals surface area contributed by atoms with Gasteiger partial charge in [-0.25, -0.2) is 0 Å². The maximum atomic E-state index is 3.99. The first-order chi connectivity index (χ1) is 6.27. The standard InChI is InChI=1S/C9H6I2N2/c10-7-3-1-6(2-4-7)9-8(11)5-12-13-9/h1-5H,(H,12,13). The molecule has 66 valence electrons. The van der Waals surface area contributed by atoms with E-state index in [1.807, 2.05) is 6.20 Å². The van der Waals surface area contributed by atoms with E-state index in [-0.39, 0.29) is 0 Å². The summed E-state index contributed by atoms with van der Waals surface area (Å²) in [5.41, 5.74) is 2.28. The van der Waals surface area contributed by atoms with Crippen molar-refractivity contribution in [3.8, 4) is 11.3 Å². The molecule has 0 saturated heterocycles. The molecule has 0 aliphatic carbocycles. The van der Waals surface area contributed by atoms with E-state index in [1.165, 1.54) is 9.13 Å². The molecule has 0 saturated carbocycles. The monoisotopic (exact) mass is 396 g/mol. The second kappa shape index (κ2) is 3.95. The molecule has 0 bridgehead atoms. The third kappa shape index (κ3) is 2.04. The van der Waals surface area contributed by atoms with E-state index in [2.05, 4.69) is 79.6 Å². The van der Waals surface area contributed by atoms with Crippen LogP contribution in [-0.2, 0) is 0 Å². The second-order valence-corrected chi connectivity index (χ2v) is 5.01. The van der Waals surface area contributed by atoms with Crippen molar-refractivity contribution in [3.05, 3.63) is 37.6 Å². The van der Waals surface area contributed by atoms with Crippen LogP contribution in [0.15, 0.2) is 30.5 Å². The highest BCUT2D eigenvalue weighted by atomic mass is 127. The minimum absolute atomic E-state index is 1.09. The molecule has 1 aromatic heterocycles. The molecule has 1 N–H and O–H groups in total. The minimum atomic E-state index is 1.09. The molecule has 1 aromatic carbocycles. The Morgan fingerprint density at radius 2 is 1.77 bits per heavy atom. The lowest BCUT2D eigenvalue weighted by Crippen LogP contribution is -1.80. The summed E-state index contributed by atoms with van der Waals surface area (Å²) in [5, 5.41) is 6.97. The van der Waals surface area contributed by atoms with Gasteiger partial charge in [-0.15, -0.1) is 0 Å². The van der Waals surface area contributed by atoms with Crippen LogP contribution in [0.1, 0.15) is 0 Å². The van der Waals surface area contributed by atoms with Crippen molar-refractivity contribution in [2.75, 3.05) is 0 Å². The third-order valence-electron chi connectivity index (χ3n) is 1.73. The zero-order valence-corrected chi connectivity index (χ0v) is 10.9. The van der Waals surface area contributed by atoms with Gasteiger partial charge in [0.25, 0.3) is 0 Å². The van der Waals surface area contributed by atoms with Gasteiger partial charge >= 0.3 is 0 Å². The molecule has 0 aliphatic rings. The molecular formula is C9H6I2N2. The van der Waals surface area contributed by atoms with Gasteiger partial charge in [-0.2, -0.15) is 5.10 Å². The topological polar surface area (TPSA) is 28.7 Å². The number of H-pyrrole nitrogens is 1. The van der Waals surface area contributed by atoms with Gasteiger partial charge in [0, 0.05) is 9.13 Å². The lowest BCUT2D eigenvalue weighted by atomic mass is 10.2. The summed E-state index contributed by atoms with van der Waals surface area (Å²) in [4.78, 5) is 0. The fourth-order valence-corrected chi connectivity index (χ4v) is 2.02. The Balaban J connectivity index is 2.47. The number of aromatic nitrogens is 2. The van der Waals surface area contributed by atoms with Crippen molar-refractivity contribution in [1.82, 2.24) is 10.2 Å². The number of rotatable bonds is 1. The minimum Gasteiger partial charge on any atom is -0.277 e. The summed E-state index contributed by atoms with van der Waals surface area (Å²) in [5.74, 6) is 0. The first-order valence-corrected chi connectivity index (χ1v) is 5.88. The van der Waals surface area contributed by atoms with E-state index in [0.29, 0.717) is 0 Å². The molecule has 13 heavy (non-hydrogen) atoms. The van der Waals surface area contributed by atoms with Crippen LogP contribution in [-0.4, -0.2) is 10.2 Å². The molecule has 0 fully saturated rings. The number of nitrogens with one attached hydrogen (secondary N) is 1. The first kappa shape index (κ1) is 9.45. The van der Waals surface area contributed by atoms with Crippen LogP contribution in [0, 0.1) is 7.14 Å². The second-order valence-electron chi connectivity index (χ2n) is 2.60. The van der Waals surface area contributed by atoms with E-state index in [9.17, 15) is 0 Å². The van der Waals surface area contributed by atoms with E-state index < -0.39 is 0 Å². The Hall–Kier alpha value is -0.110. The highest BCUT2D eigenvalue weighted by molar-refractivity contribution is 14.1. The smallest absolute Gasteiger partial charge is 0.0783 e. The third-order valence-corrected chi connectivity index (χ3v) is 3.26. The van der Waals surface area contributed by atoms with Crippen LogP contribution < -0.4 is 0 Å². The fourth-order valence-electron chi connectivity index (χ4n) is 1.09. The first-order valence-electron chi connectivity index (χ1n) is 3.72. The zero-order valence-electron chi connectivity index (χ0n) is 6.59. The number of hydrogen-bond acceptors (Lipinski definition) is 1. The number of aromatic amines is 1. The predicted octanol–water partition coefficient (Wildman–Crippen LogP) is 3.29. The van der Waals surface area contributed by atoms with E-state index in [0.717, 1.165) is 9.26 Å². The molecule has 0 amide bonds. The molecule has 0 spiro atoms. The summed E-state index contributed by atoms with van der Waals surface area (Å²) in [6.07, 6.45) is 1.83. The Kier molecular flexibility index (Phi) is 2.87. The van der Waals surface area contributed by atoms with E-state index in [1.54, 1.807) is 0 Å². The van der Waals surface area contributed by atoms with Crippen LogP contribution in [0.3, 0.4) is 0 Å². The highest BCUT2D eigenvalue weighted by Crippen LogP contribution is 2.22. The molecule has 2 nitrogen and oxygen atoms in total. The van der Waals surface area contributed by atoms with E-state index >= 15 is 0 Å². The molecule has 0 unspecified atom stereocenters. The lowest BCUT2D eigenvalue weighted by molar-refractivity contribution is 1.10. The average molecular weight is 396 g/mol. The summed E-state index contributed by atoms with van der Waals surface area (Å²) < 4.78 is 2.40. The number of halogens is 2. The maximum absolute atomic E-state index is 3.99. The Morgan fingerprint density at radius 1 is 1.08 bits per heavy atom. The number of nitrogens with zero attached hydrogens (tertiary/aromatic N) is 1.